The average Bonchev–Trinajstić information content (AvgIpc) is 2.77. The van der Waals surface area contributed by atoms with Crippen molar-refractivity contribution in [1.82, 2.24) is 10.2 Å². The van der Waals surface area contributed by atoms with E-state index in [4.69, 9.17) is 27.6 Å². The van der Waals surface area contributed by atoms with Crippen LogP contribution >= 0.6 is 23.2 Å². The number of nitrogens with one attached hydrogen (secondary N) is 1. The van der Waals surface area contributed by atoms with Gasteiger partial charge in [-0.3, -0.25) is 0 Å². The predicted molar refractivity (Wildman–Crippen MR) is 67.5 cm³/mol. The van der Waals surface area contributed by atoms with Gasteiger partial charge in [-0.05, 0) is 17.7 Å². The fraction of sp³-hybridized carbons (Fsp3) is 0.273. The lowest BCUT2D eigenvalue weighted by atomic mass is 10.2. The van der Waals surface area contributed by atoms with Crippen LogP contribution in [0.2, 0.25) is 5.02 Å². The summed E-state index contributed by atoms with van der Waals surface area (Å²) in [6.07, 6.45) is 0.581. The summed E-state index contributed by atoms with van der Waals surface area (Å²) < 4.78 is 5.33. The largest absolute Gasteiger partial charge is 0.408 e. The van der Waals surface area contributed by atoms with Crippen LogP contribution in [0.3, 0.4) is 0 Å². The van der Waals surface area contributed by atoms with Crippen molar-refractivity contribution < 1.29 is 4.42 Å². The fourth-order valence-electron chi connectivity index (χ4n) is 1.29. The van der Waals surface area contributed by atoms with Gasteiger partial charge in [0.25, 0.3) is 0 Å². The number of alkyl halides is 1. The lowest BCUT2D eigenvalue weighted by molar-refractivity contribution is 0.512. The Morgan fingerprint density at radius 2 is 1.94 bits per heavy atom. The number of aromatic nitrogens is 2. The summed E-state index contributed by atoms with van der Waals surface area (Å²) in [5.74, 6) is 1.01. The van der Waals surface area contributed by atoms with E-state index >= 15 is 0 Å². The molecule has 2 rings (SSSR count). The van der Waals surface area contributed by atoms with E-state index in [1.165, 1.54) is 0 Å². The van der Waals surface area contributed by atoms with Crippen LogP contribution in [-0.4, -0.2) is 16.1 Å². The molecule has 0 aliphatic carbocycles. The maximum Gasteiger partial charge on any atom is 0.315 e. The van der Waals surface area contributed by atoms with Gasteiger partial charge < -0.3 is 9.73 Å². The summed E-state index contributed by atoms with van der Waals surface area (Å²) in [6, 6.07) is 7.95. The van der Waals surface area contributed by atoms with Crippen LogP contribution in [0.1, 0.15) is 11.5 Å². The number of benzene rings is 1. The van der Waals surface area contributed by atoms with Gasteiger partial charge in [0.1, 0.15) is 0 Å². The van der Waals surface area contributed by atoms with Crippen molar-refractivity contribution in [2.24, 2.45) is 0 Å². The molecule has 0 bridgehead atoms. The minimum Gasteiger partial charge on any atom is -0.408 e. The van der Waals surface area contributed by atoms with Gasteiger partial charge in [0, 0.05) is 23.9 Å². The minimum atomic E-state index is 0.403. The number of nitrogens with zero attached hydrogens (tertiary/aromatic N) is 2. The van der Waals surface area contributed by atoms with Gasteiger partial charge in [0.15, 0.2) is 0 Å². The third kappa shape index (κ3) is 3.61. The molecule has 1 aromatic carbocycles. The van der Waals surface area contributed by atoms with Gasteiger partial charge in [-0.1, -0.05) is 28.8 Å². The van der Waals surface area contributed by atoms with Gasteiger partial charge >= 0.3 is 6.01 Å². The Morgan fingerprint density at radius 1 is 1.18 bits per heavy atom. The third-order valence-corrected chi connectivity index (χ3v) is 2.57. The quantitative estimate of drug-likeness (QED) is 0.849. The number of rotatable bonds is 5. The molecular weight excluding hydrogens is 261 g/mol. The molecule has 0 saturated carbocycles. The highest BCUT2D eigenvalue weighted by atomic mass is 35.5. The van der Waals surface area contributed by atoms with Crippen LogP contribution in [0.4, 0.5) is 6.01 Å². The Labute approximate surface area is 109 Å². The van der Waals surface area contributed by atoms with E-state index in [1.54, 1.807) is 0 Å². The van der Waals surface area contributed by atoms with Gasteiger partial charge in [-0.2, -0.15) is 0 Å². The number of aryl methyl sites for hydroxylation is 1. The van der Waals surface area contributed by atoms with Gasteiger partial charge in [0.2, 0.25) is 5.89 Å². The molecule has 17 heavy (non-hydrogen) atoms. The smallest absolute Gasteiger partial charge is 0.315 e. The molecule has 0 aliphatic heterocycles. The van der Waals surface area contributed by atoms with E-state index in [0.717, 1.165) is 10.6 Å². The van der Waals surface area contributed by atoms with Crippen LogP contribution in [0.5, 0.6) is 0 Å². The molecule has 0 radical (unpaired) electrons. The van der Waals surface area contributed by atoms with E-state index < -0.39 is 0 Å². The van der Waals surface area contributed by atoms with Crippen molar-refractivity contribution >= 4 is 29.2 Å². The molecule has 0 aliphatic rings. The second kappa shape index (κ2) is 5.89. The number of halogens is 2. The zero-order chi connectivity index (χ0) is 12.1. The highest BCUT2D eigenvalue weighted by molar-refractivity contribution is 6.30. The Balaban J connectivity index is 1.90. The van der Waals surface area contributed by atoms with E-state index in [1.807, 2.05) is 24.3 Å². The van der Waals surface area contributed by atoms with Crippen LogP contribution < -0.4 is 5.32 Å². The summed E-state index contributed by atoms with van der Waals surface area (Å²) >= 11 is 11.4. The number of anilines is 1. The molecular formula is C11H11Cl2N3O. The summed E-state index contributed by atoms with van der Waals surface area (Å²) in [7, 11) is 0. The molecule has 0 atom stereocenters. The molecule has 0 amide bonds. The topological polar surface area (TPSA) is 51.0 Å². The van der Waals surface area contributed by atoms with Crippen molar-refractivity contribution in [3.63, 3.8) is 0 Å². The van der Waals surface area contributed by atoms with E-state index in [2.05, 4.69) is 15.5 Å². The minimum absolute atomic E-state index is 0.403. The Morgan fingerprint density at radius 3 is 2.65 bits per heavy atom. The number of hydrogen-bond donors (Lipinski definition) is 1. The van der Waals surface area contributed by atoms with Crippen molar-refractivity contribution in [3.05, 3.63) is 40.7 Å². The molecule has 90 valence electrons. The maximum absolute atomic E-state index is 5.79. The Hall–Kier alpha value is -1.26. The average molecular weight is 272 g/mol. The molecule has 0 spiro atoms. The first-order valence-corrected chi connectivity index (χ1v) is 6.06. The lowest BCUT2D eigenvalue weighted by Crippen LogP contribution is -1.99. The first-order valence-electron chi connectivity index (χ1n) is 5.14. The van der Waals surface area contributed by atoms with Crippen LogP contribution in [-0.2, 0) is 13.0 Å². The Bertz CT molecular complexity index is 470. The van der Waals surface area contributed by atoms with Crippen LogP contribution in [0.15, 0.2) is 28.7 Å². The van der Waals surface area contributed by atoms with Crippen molar-refractivity contribution in [2.45, 2.75) is 13.0 Å². The monoisotopic (exact) mass is 271 g/mol. The second-order valence-electron chi connectivity index (χ2n) is 3.42. The first kappa shape index (κ1) is 12.2. The summed E-state index contributed by atoms with van der Waals surface area (Å²) in [5, 5.41) is 11.5. The maximum atomic E-state index is 5.79. The third-order valence-electron chi connectivity index (χ3n) is 2.13. The standard InChI is InChI=1S/C11H11Cl2N3O/c12-6-5-10-15-16-11(17-10)14-7-8-1-3-9(13)4-2-8/h1-4H,5-7H2,(H,14,16). The SMILES string of the molecule is ClCCc1nnc(NCc2ccc(Cl)cc2)o1. The molecule has 1 heterocycles. The van der Waals surface area contributed by atoms with E-state index in [9.17, 15) is 0 Å². The summed E-state index contributed by atoms with van der Waals surface area (Å²) in [5.41, 5.74) is 1.09. The second-order valence-corrected chi connectivity index (χ2v) is 4.23. The van der Waals surface area contributed by atoms with Crippen LogP contribution in [0.25, 0.3) is 0 Å². The molecule has 0 unspecified atom stereocenters. The molecule has 4 nitrogen and oxygen atoms in total. The molecule has 2 aromatic rings. The highest BCUT2D eigenvalue weighted by Gasteiger charge is 2.04. The van der Waals surface area contributed by atoms with Gasteiger partial charge in [0.05, 0.1) is 0 Å². The first-order chi connectivity index (χ1) is 8.28. The van der Waals surface area contributed by atoms with Gasteiger partial charge in [-0.15, -0.1) is 16.7 Å². The molecule has 0 saturated heterocycles. The fourth-order valence-corrected chi connectivity index (χ4v) is 1.57. The molecule has 1 N–H and O–H groups in total. The van der Waals surface area contributed by atoms with Crippen molar-refractivity contribution in [1.29, 1.82) is 0 Å². The van der Waals surface area contributed by atoms with E-state index in [-0.39, 0.29) is 0 Å². The lowest BCUT2D eigenvalue weighted by Gasteiger charge is -2.01. The Kier molecular flexibility index (Phi) is 4.23. The zero-order valence-corrected chi connectivity index (χ0v) is 10.5. The highest BCUT2D eigenvalue weighted by Crippen LogP contribution is 2.12. The molecule has 0 fully saturated rings. The predicted octanol–water partition coefficient (Wildman–Crippen LogP) is 3.12. The number of hydrogen-bond acceptors (Lipinski definition) is 4. The molecule has 6 heteroatoms. The molecule has 1 aromatic heterocycles. The summed E-state index contributed by atoms with van der Waals surface area (Å²) in [4.78, 5) is 0. The van der Waals surface area contributed by atoms with Gasteiger partial charge in [-0.25, -0.2) is 0 Å². The zero-order valence-electron chi connectivity index (χ0n) is 8.99. The summed E-state index contributed by atoms with van der Waals surface area (Å²) in [6.45, 7) is 0.611. The van der Waals surface area contributed by atoms with Crippen molar-refractivity contribution in [2.75, 3.05) is 11.2 Å². The van der Waals surface area contributed by atoms with Crippen LogP contribution in [0, 0.1) is 0 Å². The van der Waals surface area contributed by atoms with Crippen molar-refractivity contribution in [3.8, 4) is 0 Å². The normalized spacial score (nSPS) is 10.5. The van der Waals surface area contributed by atoms with E-state index in [0.29, 0.717) is 30.8 Å².